The zero-order valence-corrected chi connectivity index (χ0v) is 19.5. The summed E-state index contributed by atoms with van der Waals surface area (Å²) in [5.41, 5.74) is 2.16. The fraction of sp³-hybridized carbons (Fsp3) is 0.440. The fourth-order valence-corrected chi connectivity index (χ4v) is 4.53. The van der Waals surface area contributed by atoms with Gasteiger partial charge in [0.25, 0.3) is 0 Å². The molecule has 1 amide bonds. The van der Waals surface area contributed by atoms with Crippen molar-refractivity contribution in [2.45, 2.75) is 32.1 Å². The third-order valence-electron chi connectivity index (χ3n) is 6.66. The van der Waals surface area contributed by atoms with E-state index >= 15 is 0 Å². The van der Waals surface area contributed by atoms with Crippen molar-refractivity contribution in [1.29, 1.82) is 0 Å². The smallest absolute Gasteiger partial charge is 0.322 e. The van der Waals surface area contributed by atoms with E-state index in [4.69, 9.17) is 5.11 Å². The number of carboxylic acids is 1. The molecule has 0 unspecified atom stereocenters. The van der Waals surface area contributed by atoms with E-state index in [-0.39, 0.29) is 41.9 Å². The first-order chi connectivity index (χ1) is 14.8. The van der Waals surface area contributed by atoms with Crippen LogP contribution in [0.1, 0.15) is 31.4 Å². The molecule has 3 atom stereocenters. The summed E-state index contributed by atoms with van der Waals surface area (Å²) in [4.78, 5) is 26.0. The lowest BCUT2D eigenvalue weighted by Gasteiger charge is -2.45. The van der Waals surface area contributed by atoms with E-state index in [0.29, 0.717) is 18.9 Å². The van der Waals surface area contributed by atoms with Gasteiger partial charge in [0.2, 0.25) is 5.91 Å². The van der Waals surface area contributed by atoms with Gasteiger partial charge in [-0.05, 0) is 54.0 Å². The summed E-state index contributed by atoms with van der Waals surface area (Å²) in [6.07, 6.45) is 1.49. The lowest BCUT2D eigenvalue weighted by atomic mass is 9.68. The average molecular weight is 461 g/mol. The molecular formula is C25H33ClN2O4. The third-order valence-corrected chi connectivity index (χ3v) is 6.66. The van der Waals surface area contributed by atoms with E-state index < -0.39 is 5.97 Å². The van der Waals surface area contributed by atoms with Gasteiger partial charge in [0, 0.05) is 13.1 Å². The number of halogens is 1. The molecule has 1 aliphatic rings. The first kappa shape index (κ1) is 25.7. The summed E-state index contributed by atoms with van der Waals surface area (Å²) in [5.74, 6) is -0.964. The highest BCUT2D eigenvalue weighted by Crippen LogP contribution is 2.40. The van der Waals surface area contributed by atoms with Gasteiger partial charge in [-0.3, -0.25) is 9.59 Å². The molecule has 0 aromatic heterocycles. The Hall–Kier alpha value is -2.57. The van der Waals surface area contributed by atoms with Gasteiger partial charge < -0.3 is 20.4 Å². The van der Waals surface area contributed by atoms with Crippen molar-refractivity contribution in [2.75, 3.05) is 26.2 Å². The van der Waals surface area contributed by atoms with Gasteiger partial charge >= 0.3 is 5.97 Å². The molecule has 1 heterocycles. The van der Waals surface area contributed by atoms with E-state index in [9.17, 15) is 14.7 Å². The lowest BCUT2D eigenvalue weighted by molar-refractivity contribution is -0.138. The summed E-state index contributed by atoms with van der Waals surface area (Å²) in [6, 6.07) is 17.3. The van der Waals surface area contributed by atoms with Crippen LogP contribution >= 0.6 is 12.4 Å². The fourth-order valence-electron chi connectivity index (χ4n) is 4.53. The molecule has 2 aromatic carbocycles. The highest BCUT2D eigenvalue weighted by atomic mass is 35.5. The van der Waals surface area contributed by atoms with Gasteiger partial charge in [0.05, 0.1) is 5.92 Å². The number of nitrogens with one attached hydrogen (secondary N) is 1. The Morgan fingerprint density at radius 3 is 2.53 bits per heavy atom. The number of aliphatic carboxylic acids is 1. The molecule has 2 aromatic rings. The molecular weight excluding hydrogens is 428 g/mol. The summed E-state index contributed by atoms with van der Waals surface area (Å²) in [7, 11) is 0. The van der Waals surface area contributed by atoms with Gasteiger partial charge in [-0.1, -0.05) is 56.3 Å². The van der Waals surface area contributed by atoms with Crippen molar-refractivity contribution in [1.82, 2.24) is 10.2 Å². The molecule has 174 valence electrons. The molecule has 0 saturated carbocycles. The Labute approximate surface area is 196 Å². The number of hydrogen-bond donors (Lipinski definition) is 3. The second kappa shape index (κ2) is 11.3. The second-order valence-electron chi connectivity index (χ2n) is 8.88. The van der Waals surface area contributed by atoms with Crippen molar-refractivity contribution < 1.29 is 19.8 Å². The van der Waals surface area contributed by atoms with E-state index in [1.165, 1.54) is 0 Å². The lowest BCUT2D eigenvalue weighted by Crippen LogP contribution is -2.50. The van der Waals surface area contributed by atoms with Crippen LogP contribution in [-0.2, 0) is 21.4 Å². The average Bonchev–Trinajstić information content (AvgIpc) is 2.75. The zero-order valence-electron chi connectivity index (χ0n) is 18.7. The van der Waals surface area contributed by atoms with E-state index in [1.54, 1.807) is 6.07 Å². The van der Waals surface area contributed by atoms with Crippen LogP contribution in [0.15, 0.2) is 54.6 Å². The minimum Gasteiger partial charge on any atom is -0.508 e. The number of aromatic hydroxyl groups is 1. The second-order valence-corrected chi connectivity index (χ2v) is 8.88. The number of likely N-dealkylation sites (tertiary alicyclic amines) is 1. The summed E-state index contributed by atoms with van der Waals surface area (Å²) in [5, 5.41) is 21.4. The predicted molar refractivity (Wildman–Crippen MR) is 127 cm³/mol. The molecule has 0 bridgehead atoms. The normalized spacial score (nSPS) is 21.9. The van der Waals surface area contributed by atoms with E-state index in [0.717, 1.165) is 30.6 Å². The Morgan fingerprint density at radius 1 is 1.19 bits per heavy atom. The summed E-state index contributed by atoms with van der Waals surface area (Å²) in [6.45, 7) is 6.35. The monoisotopic (exact) mass is 460 g/mol. The first-order valence-electron chi connectivity index (χ1n) is 10.8. The van der Waals surface area contributed by atoms with Gasteiger partial charge in [-0.25, -0.2) is 0 Å². The number of benzene rings is 2. The molecule has 0 aliphatic carbocycles. The maximum Gasteiger partial charge on any atom is 0.322 e. The van der Waals surface area contributed by atoms with Crippen LogP contribution in [0.4, 0.5) is 0 Å². The van der Waals surface area contributed by atoms with Crippen molar-refractivity contribution in [3.63, 3.8) is 0 Å². The highest BCUT2D eigenvalue weighted by Gasteiger charge is 2.39. The Kier molecular flexibility index (Phi) is 9.10. The van der Waals surface area contributed by atoms with Crippen molar-refractivity contribution in [3.05, 3.63) is 65.7 Å². The number of phenols is 1. The maximum absolute atomic E-state index is 12.8. The number of carbonyl (C=O) groups is 2. The number of rotatable bonds is 8. The number of carboxylic acid groups (broad SMARTS) is 1. The van der Waals surface area contributed by atoms with Crippen LogP contribution in [0.5, 0.6) is 5.75 Å². The van der Waals surface area contributed by atoms with Crippen molar-refractivity contribution >= 4 is 24.3 Å². The number of nitrogens with zero attached hydrogens (tertiary/aromatic N) is 1. The van der Waals surface area contributed by atoms with Gasteiger partial charge in [-0.2, -0.15) is 0 Å². The number of phenolic OH excluding ortho intramolecular Hbond substituents is 1. The SMILES string of the molecule is C[C@H]1CN(C[C@H](Cc2ccccc2)C(=O)NCC(=O)O)CC[C@@]1(C)c1cccc(O)c1.Cl. The van der Waals surface area contributed by atoms with Crippen LogP contribution in [0, 0.1) is 11.8 Å². The number of piperidine rings is 1. The minimum atomic E-state index is -1.04. The number of carbonyl (C=O) groups excluding carboxylic acids is 1. The maximum atomic E-state index is 12.8. The first-order valence-corrected chi connectivity index (χ1v) is 10.8. The van der Waals surface area contributed by atoms with E-state index in [1.807, 2.05) is 42.5 Å². The van der Waals surface area contributed by atoms with Gasteiger partial charge in [0.1, 0.15) is 12.3 Å². The minimum absolute atomic E-state index is 0. The molecule has 1 fully saturated rings. The summed E-state index contributed by atoms with van der Waals surface area (Å²) < 4.78 is 0. The molecule has 32 heavy (non-hydrogen) atoms. The summed E-state index contributed by atoms with van der Waals surface area (Å²) >= 11 is 0. The van der Waals surface area contributed by atoms with Gasteiger partial charge in [-0.15, -0.1) is 12.4 Å². The van der Waals surface area contributed by atoms with Crippen molar-refractivity contribution in [2.24, 2.45) is 11.8 Å². The number of hydrogen-bond acceptors (Lipinski definition) is 4. The molecule has 3 N–H and O–H groups in total. The highest BCUT2D eigenvalue weighted by molar-refractivity contribution is 5.85. The van der Waals surface area contributed by atoms with Crippen LogP contribution < -0.4 is 5.32 Å². The quantitative estimate of drug-likeness (QED) is 0.561. The molecule has 1 saturated heterocycles. The molecule has 3 rings (SSSR count). The van der Waals surface area contributed by atoms with Crippen LogP contribution in [0.25, 0.3) is 0 Å². The zero-order chi connectivity index (χ0) is 22.4. The standard InChI is InChI=1S/C25H32N2O4.ClH/c1-18-16-27(12-11-25(18,2)21-9-6-10-22(28)14-21)17-20(24(31)26-15-23(29)30)13-19-7-4-3-5-8-19;/h3-10,14,18,20,28H,11-13,15-17H2,1-2H3,(H,26,31)(H,29,30);1H/t18-,20-,25+;/m0./s1. The molecule has 6 nitrogen and oxygen atoms in total. The van der Waals surface area contributed by atoms with Gasteiger partial charge in [0.15, 0.2) is 0 Å². The molecule has 0 spiro atoms. The Morgan fingerprint density at radius 2 is 1.91 bits per heavy atom. The van der Waals surface area contributed by atoms with Crippen LogP contribution in [0.2, 0.25) is 0 Å². The Bertz CT molecular complexity index is 908. The number of amides is 1. The van der Waals surface area contributed by atoms with Crippen molar-refractivity contribution in [3.8, 4) is 5.75 Å². The largest absolute Gasteiger partial charge is 0.508 e. The predicted octanol–water partition coefficient (Wildman–Crippen LogP) is 3.47. The topological polar surface area (TPSA) is 89.9 Å². The van der Waals surface area contributed by atoms with Crippen LogP contribution in [-0.4, -0.2) is 53.2 Å². The molecule has 1 aliphatic heterocycles. The van der Waals surface area contributed by atoms with E-state index in [2.05, 4.69) is 30.1 Å². The molecule has 7 heteroatoms. The third kappa shape index (κ3) is 6.47. The van der Waals surface area contributed by atoms with Crippen LogP contribution in [0.3, 0.4) is 0 Å². The Balaban J connectivity index is 0.00000363. The molecule has 0 radical (unpaired) electrons.